The third kappa shape index (κ3) is 2.99. The van der Waals surface area contributed by atoms with Crippen LogP contribution in [0.15, 0.2) is 54.6 Å². The second kappa shape index (κ2) is 6.13. The second-order valence-electron chi connectivity index (χ2n) is 5.52. The van der Waals surface area contributed by atoms with Crippen LogP contribution in [-0.4, -0.2) is 11.9 Å². The zero-order valence-corrected chi connectivity index (χ0v) is 12.3. The predicted octanol–water partition coefficient (Wildman–Crippen LogP) is 3.66. The molecule has 0 saturated heterocycles. The molecule has 2 aromatic rings. The van der Waals surface area contributed by atoms with Gasteiger partial charge in [-0.3, -0.25) is 4.79 Å². The molecule has 0 bridgehead atoms. The molecule has 3 rings (SSSR count). The number of benzene rings is 2. The van der Waals surface area contributed by atoms with Gasteiger partial charge in [0.25, 0.3) is 0 Å². The molecule has 1 amide bonds. The maximum atomic E-state index is 11.8. The van der Waals surface area contributed by atoms with Crippen molar-refractivity contribution in [2.75, 3.05) is 0 Å². The summed E-state index contributed by atoms with van der Waals surface area (Å²) in [6.07, 6.45) is 0.841. The van der Waals surface area contributed by atoms with E-state index in [4.69, 9.17) is 1.37 Å². The van der Waals surface area contributed by atoms with Gasteiger partial charge in [-0.05, 0) is 29.5 Å². The van der Waals surface area contributed by atoms with Gasteiger partial charge in [-0.15, -0.1) is 0 Å². The molecule has 0 spiro atoms. The first kappa shape index (κ1) is 12.6. The molecule has 1 aliphatic carbocycles. The van der Waals surface area contributed by atoms with Gasteiger partial charge in [0.05, 0.1) is 0 Å². The van der Waals surface area contributed by atoms with Crippen molar-refractivity contribution in [1.82, 2.24) is 5.32 Å². The van der Waals surface area contributed by atoms with Gasteiger partial charge in [-0.25, -0.2) is 0 Å². The van der Waals surface area contributed by atoms with Crippen LogP contribution in [0, 0.1) is 0 Å². The Morgan fingerprint density at radius 3 is 2.67 bits per heavy atom. The Morgan fingerprint density at radius 1 is 1.19 bits per heavy atom. The maximum Gasteiger partial charge on any atom is 0.219 e. The Labute approximate surface area is 127 Å². The van der Waals surface area contributed by atoms with Crippen molar-refractivity contribution in [3.8, 4) is 0 Å². The lowest BCUT2D eigenvalue weighted by Crippen LogP contribution is -2.39. The van der Waals surface area contributed by atoms with Crippen LogP contribution in [0.4, 0.5) is 0 Å². The average molecular weight is 280 g/mol. The highest BCUT2D eigenvalue weighted by molar-refractivity contribution is 5.76. The monoisotopic (exact) mass is 280 g/mol. The summed E-state index contributed by atoms with van der Waals surface area (Å²) in [6, 6.07) is 18.4. The first-order valence-corrected chi connectivity index (χ1v) is 7.56. The third-order valence-electron chi connectivity index (χ3n) is 4.11. The zero-order valence-electron chi connectivity index (χ0n) is 13.3. The summed E-state index contributed by atoms with van der Waals surface area (Å²) < 4.78 is 8.52. The quantitative estimate of drug-likeness (QED) is 0.913. The van der Waals surface area contributed by atoms with Crippen molar-refractivity contribution in [3.63, 3.8) is 0 Å². The van der Waals surface area contributed by atoms with E-state index >= 15 is 0 Å². The molecule has 2 heteroatoms. The van der Waals surface area contributed by atoms with Crippen LogP contribution in [0.2, 0.25) is 0 Å². The van der Waals surface area contributed by atoms with Crippen LogP contribution in [0.25, 0.3) is 0 Å². The summed E-state index contributed by atoms with van der Waals surface area (Å²) in [6.45, 7) is 1.85. The summed E-state index contributed by atoms with van der Waals surface area (Å²) in [7, 11) is 0. The van der Waals surface area contributed by atoms with E-state index in [0.717, 1.165) is 12.0 Å². The molecule has 2 aromatic carbocycles. The number of hydrogen-bond donors (Lipinski definition) is 1. The van der Waals surface area contributed by atoms with E-state index in [9.17, 15) is 4.79 Å². The van der Waals surface area contributed by atoms with Gasteiger partial charge in [0, 0.05) is 19.8 Å². The summed E-state index contributed by atoms with van der Waals surface area (Å²) in [4.78, 5) is 11.8. The fourth-order valence-corrected chi connectivity index (χ4v) is 3.06. The van der Waals surface area contributed by atoms with Gasteiger partial charge in [0.2, 0.25) is 5.91 Å². The van der Waals surface area contributed by atoms with Crippen molar-refractivity contribution in [2.45, 2.75) is 38.1 Å². The maximum absolute atomic E-state index is 11.8. The lowest BCUT2D eigenvalue weighted by molar-refractivity contribution is -0.121. The largest absolute Gasteiger partial charge is 0.353 e. The van der Waals surface area contributed by atoms with Crippen LogP contribution in [0.5, 0.6) is 0 Å². The van der Waals surface area contributed by atoms with Gasteiger partial charge in [-0.1, -0.05) is 61.5 Å². The molecule has 0 fully saturated rings. The van der Waals surface area contributed by atoms with Crippen LogP contribution in [0.1, 0.15) is 43.7 Å². The van der Waals surface area contributed by atoms with Crippen LogP contribution < -0.4 is 5.32 Å². The minimum absolute atomic E-state index is 0.0217. The first-order valence-electron chi connectivity index (χ1n) is 8.13. The highest BCUT2D eigenvalue weighted by atomic mass is 16.1. The molecule has 0 heterocycles. The molecule has 1 aliphatic rings. The van der Waals surface area contributed by atoms with E-state index < -0.39 is 6.40 Å². The third-order valence-corrected chi connectivity index (χ3v) is 4.11. The number of rotatable bonds is 3. The van der Waals surface area contributed by atoms with Gasteiger partial charge in [0.15, 0.2) is 0 Å². The van der Waals surface area contributed by atoms with Crippen LogP contribution in [0.3, 0.4) is 0 Å². The van der Waals surface area contributed by atoms with Crippen LogP contribution in [-0.2, 0) is 11.2 Å². The van der Waals surface area contributed by atoms with Gasteiger partial charge in [0.1, 0.15) is 0 Å². The number of hydrogen-bond acceptors (Lipinski definition) is 1. The van der Waals surface area contributed by atoms with Crippen LogP contribution >= 0.6 is 0 Å². The fraction of sp³-hybridized carbons (Fsp3) is 0.316. The molecular weight excluding hydrogens is 258 g/mol. The number of carbonyl (C=O) groups is 1. The average Bonchev–Trinajstić information content (AvgIpc) is 2.58. The highest BCUT2D eigenvalue weighted by Crippen LogP contribution is 2.36. The molecule has 0 aromatic heterocycles. The van der Waals surface area contributed by atoms with E-state index in [1.807, 2.05) is 43.3 Å². The number of fused-ring (bicyclic) bond motifs is 1. The topological polar surface area (TPSA) is 29.1 Å². The Hall–Kier alpha value is -2.09. The molecule has 3 atom stereocenters. The SMILES string of the molecule is [2H]C1c2ccccc2[C@H](c2ccccc2)C[C@@H]1NC(=O)CC. The Balaban J connectivity index is 1.99. The Morgan fingerprint density at radius 2 is 1.90 bits per heavy atom. The van der Waals surface area contributed by atoms with E-state index in [-0.39, 0.29) is 17.9 Å². The molecule has 21 heavy (non-hydrogen) atoms. The van der Waals surface area contributed by atoms with Gasteiger partial charge >= 0.3 is 0 Å². The Kier molecular flexibility index (Phi) is 3.69. The predicted molar refractivity (Wildman–Crippen MR) is 85.3 cm³/mol. The van der Waals surface area contributed by atoms with Gasteiger partial charge < -0.3 is 5.32 Å². The normalized spacial score (nSPS) is 24.8. The minimum atomic E-state index is -0.397. The molecular formula is C19H21NO. The fourth-order valence-electron chi connectivity index (χ4n) is 3.06. The van der Waals surface area contributed by atoms with Crippen molar-refractivity contribution < 1.29 is 6.17 Å². The van der Waals surface area contributed by atoms with E-state index in [2.05, 4.69) is 23.5 Å². The molecule has 108 valence electrons. The van der Waals surface area contributed by atoms with E-state index in [0.29, 0.717) is 6.42 Å². The lowest BCUT2D eigenvalue weighted by Gasteiger charge is -2.32. The molecule has 1 unspecified atom stereocenters. The summed E-state index contributed by atoms with van der Waals surface area (Å²) in [5.74, 6) is 0.259. The van der Waals surface area contributed by atoms with Crippen molar-refractivity contribution in [1.29, 1.82) is 0 Å². The molecule has 0 radical (unpaired) electrons. The summed E-state index contributed by atoms with van der Waals surface area (Å²) >= 11 is 0. The Bertz CT molecular complexity index is 655. The zero-order chi connectivity index (χ0) is 15.5. The van der Waals surface area contributed by atoms with E-state index in [1.54, 1.807) is 0 Å². The lowest BCUT2D eigenvalue weighted by atomic mass is 9.76. The van der Waals surface area contributed by atoms with Gasteiger partial charge in [-0.2, -0.15) is 0 Å². The van der Waals surface area contributed by atoms with Crippen molar-refractivity contribution >= 4 is 5.91 Å². The summed E-state index contributed by atoms with van der Waals surface area (Å²) in [5.41, 5.74) is 3.50. The van der Waals surface area contributed by atoms with Crippen molar-refractivity contribution in [2.24, 2.45) is 0 Å². The summed E-state index contributed by atoms with van der Waals surface area (Å²) in [5, 5.41) is 3.03. The molecule has 0 saturated carbocycles. The van der Waals surface area contributed by atoms with E-state index in [1.165, 1.54) is 11.1 Å². The standard InChI is InChI=1S/C19H21NO/c1-2-19(21)20-16-12-15-10-6-7-11-17(15)18(13-16)14-8-4-3-5-9-14/h3-11,16,18H,2,12-13H2,1H3,(H,20,21)/t16-,18+/m1/s1/i12D/t12?,16-,18+. The molecule has 2 nitrogen and oxygen atoms in total. The molecule has 1 N–H and O–H groups in total. The minimum Gasteiger partial charge on any atom is -0.353 e. The highest BCUT2D eigenvalue weighted by Gasteiger charge is 2.28. The number of nitrogens with one attached hydrogen (secondary N) is 1. The second-order valence-corrected chi connectivity index (χ2v) is 5.52. The van der Waals surface area contributed by atoms with Crippen molar-refractivity contribution in [3.05, 3.63) is 71.3 Å². The number of carbonyl (C=O) groups excluding carboxylic acids is 1. The first-order chi connectivity index (χ1) is 10.7. The number of amides is 1. The smallest absolute Gasteiger partial charge is 0.219 e. The molecule has 0 aliphatic heterocycles.